The van der Waals surface area contributed by atoms with Crippen LogP contribution in [0, 0.1) is 12.8 Å². The Hall–Kier alpha value is -1.44. The second kappa shape index (κ2) is 6.36. The Kier molecular flexibility index (Phi) is 4.46. The van der Waals surface area contributed by atoms with Crippen LogP contribution in [0.25, 0.3) is 4.96 Å². The lowest BCUT2D eigenvalue weighted by atomic mass is 10.1. The smallest absolute Gasteiger partial charge is 0.235 e. The van der Waals surface area contributed by atoms with E-state index in [4.69, 9.17) is 5.73 Å². The molecular formula is C15H19N5S2. The number of fused-ring (bicyclic) bond motifs is 1. The Labute approximate surface area is 137 Å². The first-order valence-electron chi connectivity index (χ1n) is 7.21. The molecule has 3 aromatic rings. The molecule has 0 bridgehead atoms. The highest BCUT2D eigenvalue weighted by molar-refractivity contribution is 8.00. The van der Waals surface area contributed by atoms with E-state index in [1.54, 1.807) is 27.6 Å². The number of nitrogens with two attached hydrogens (primary N) is 1. The van der Waals surface area contributed by atoms with Crippen LogP contribution >= 0.6 is 23.1 Å². The van der Waals surface area contributed by atoms with Crippen molar-refractivity contribution in [3.05, 3.63) is 41.2 Å². The maximum absolute atomic E-state index is 6.18. The highest BCUT2D eigenvalue weighted by Gasteiger charge is 2.20. The molecule has 0 spiro atoms. The van der Waals surface area contributed by atoms with Gasteiger partial charge < -0.3 is 5.73 Å². The number of hydrogen-bond acceptors (Lipinski definition) is 6. The molecule has 7 heteroatoms. The summed E-state index contributed by atoms with van der Waals surface area (Å²) in [6.07, 6.45) is 0. The zero-order valence-electron chi connectivity index (χ0n) is 12.9. The van der Waals surface area contributed by atoms with E-state index in [0.29, 0.717) is 5.92 Å². The van der Waals surface area contributed by atoms with Crippen LogP contribution in [0.3, 0.4) is 0 Å². The molecule has 2 N–H and O–H groups in total. The Morgan fingerprint density at radius 1 is 1.27 bits per heavy atom. The van der Waals surface area contributed by atoms with Crippen molar-refractivity contribution in [1.82, 2.24) is 19.8 Å². The second-order valence-electron chi connectivity index (χ2n) is 5.61. The molecule has 116 valence electrons. The second-order valence-corrected chi connectivity index (χ2v) is 7.78. The number of aromatic nitrogens is 4. The predicted octanol–water partition coefficient (Wildman–Crippen LogP) is 3.44. The fourth-order valence-electron chi connectivity index (χ4n) is 2.09. The largest absolute Gasteiger partial charge is 0.321 e. The Morgan fingerprint density at radius 2 is 2.05 bits per heavy atom. The highest BCUT2D eigenvalue weighted by Crippen LogP contribution is 2.29. The lowest BCUT2D eigenvalue weighted by molar-refractivity contribution is 0.479. The topological polar surface area (TPSA) is 69.1 Å². The van der Waals surface area contributed by atoms with Gasteiger partial charge >= 0.3 is 0 Å². The molecule has 0 amide bonds. The highest BCUT2D eigenvalue weighted by atomic mass is 32.2. The lowest BCUT2D eigenvalue weighted by Gasteiger charge is -2.11. The van der Waals surface area contributed by atoms with Crippen LogP contribution in [-0.2, 0) is 5.75 Å². The number of thioether (sulfide) groups is 1. The number of rotatable bonds is 5. The molecule has 5 nitrogen and oxygen atoms in total. The molecule has 0 saturated carbocycles. The number of aryl methyl sites for hydroxylation is 1. The molecule has 0 saturated heterocycles. The van der Waals surface area contributed by atoms with Crippen LogP contribution in [0.5, 0.6) is 0 Å². The standard InChI is InChI=1S/C15H19N5S2/c1-9(2)12(16)13-17-18-14-20(13)19-15(22-14)21-8-11-7-5-4-6-10(11)3/h4-7,9,12H,8,16H2,1-3H3. The molecule has 0 fully saturated rings. The molecular weight excluding hydrogens is 314 g/mol. The Balaban J connectivity index is 1.80. The van der Waals surface area contributed by atoms with Gasteiger partial charge in [0.2, 0.25) is 4.96 Å². The average molecular weight is 333 g/mol. The van der Waals surface area contributed by atoms with Crippen molar-refractivity contribution in [2.24, 2.45) is 11.7 Å². The van der Waals surface area contributed by atoms with Crippen LogP contribution in [0.1, 0.15) is 36.8 Å². The molecule has 1 unspecified atom stereocenters. The van der Waals surface area contributed by atoms with Gasteiger partial charge in [0.05, 0.1) is 6.04 Å². The average Bonchev–Trinajstić information content (AvgIpc) is 3.05. The number of nitrogens with zero attached hydrogens (tertiary/aromatic N) is 4. The Bertz CT molecular complexity index is 777. The van der Waals surface area contributed by atoms with Gasteiger partial charge in [-0.25, -0.2) is 0 Å². The van der Waals surface area contributed by atoms with Gasteiger partial charge in [0, 0.05) is 5.75 Å². The van der Waals surface area contributed by atoms with Gasteiger partial charge in [0.15, 0.2) is 10.2 Å². The van der Waals surface area contributed by atoms with E-state index < -0.39 is 0 Å². The first kappa shape index (κ1) is 15.5. The summed E-state index contributed by atoms with van der Waals surface area (Å²) >= 11 is 3.28. The SMILES string of the molecule is Cc1ccccc1CSc1nn2c(C(N)C(C)C)nnc2s1. The molecule has 0 aliphatic rings. The van der Waals surface area contributed by atoms with Crippen molar-refractivity contribution >= 4 is 28.1 Å². The minimum absolute atomic E-state index is 0.147. The van der Waals surface area contributed by atoms with Crippen molar-refractivity contribution in [3.8, 4) is 0 Å². The molecule has 1 aromatic carbocycles. The van der Waals surface area contributed by atoms with Gasteiger partial charge in [-0.15, -0.1) is 15.3 Å². The van der Waals surface area contributed by atoms with Gasteiger partial charge in [0.1, 0.15) is 0 Å². The van der Waals surface area contributed by atoms with Gasteiger partial charge in [-0.2, -0.15) is 4.52 Å². The minimum atomic E-state index is -0.147. The third-order valence-electron chi connectivity index (χ3n) is 3.63. The molecule has 1 atom stereocenters. The summed E-state index contributed by atoms with van der Waals surface area (Å²) in [7, 11) is 0. The van der Waals surface area contributed by atoms with Crippen LogP contribution in [0.4, 0.5) is 0 Å². The third-order valence-corrected chi connectivity index (χ3v) is 5.71. The molecule has 0 aliphatic heterocycles. The first-order chi connectivity index (χ1) is 10.6. The van der Waals surface area contributed by atoms with Gasteiger partial charge in [-0.1, -0.05) is 61.2 Å². The van der Waals surface area contributed by atoms with Crippen molar-refractivity contribution in [2.75, 3.05) is 0 Å². The summed E-state index contributed by atoms with van der Waals surface area (Å²) in [5.41, 5.74) is 8.81. The zero-order valence-corrected chi connectivity index (χ0v) is 14.5. The van der Waals surface area contributed by atoms with Crippen LogP contribution in [0.2, 0.25) is 0 Å². The van der Waals surface area contributed by atoms with Gasteiger partial charge in [0.25, 0.3) is 0 Å². The van der Waals surface area contributed by atoms with Gasteiger partial charge in [-0.3, -0.25) is 0 Å². The van der Waals surface area contributed by atoms with E-state index in [0.717, 1.165) is 20.9 Å². The van der Waals surface area contributed by atoms with Crippen molar-refractivity contribution in [3.63, 3.8) is 0 Å². The van der Waals surface area contributed by atoms with Crippen LogP contribution in [0.15, 0.2) is 28.6 Å². The molecule has 22 heavy (non-hydrogen) atoms. The molecule has 3 rings (SSSR count). The van der Waals surface area contributed by atoms with E-state index in [-0.39, 0.29) is 6.04 Å². The third kappa shape index (κ3) is 3.02. The zero-order chi connectivity index (χ0) is 15.7. The summed E-state index contributed by atoms with van der Waals surface area (Å²) < 4.78 is 2.78. The monoisotopic (exact) mass is 333 g/mol. The van der Waals surface area contributed by atoms with Gasteiger partial charge in [-0.05, 0) is 24.0 Å². The van der Waals surface area contributed by atoms with Crippen molar-refractivity contribution in [1.29, 1.82) is 0 Å². The fraction of sp³-hybridized carbons (Fsp3) is 0.400. The molecule has 0 aliphatic carbocycles. The van der Waals surface area contributed by atoms with Crippen molar-refractivity contribution < 1.29 is 0 Å². The molecule has 0 radical (unpaired) electrons. The lowest BCUT2D eigenvalue weighted by Crippen LogP contribution is -2.20. The molecule has 2 aromatic heterocycles. The normalized spacial score (nSPS) is 13.1. The number of hydrogen-bond donors (Lipinski definition) is 1. The maximum Gasteiger partial charge on any atom is 0.235 e. The van der Waals surface area contributed by atoms with E-state index >= 15 is 0 Å². The summed E-state index contributed by atoms with van der Waals surface area (Å²) in [4.78, 5) is 0.804. The van der Waals surface area contributed by atoms with E-state index in [1.165, 1.54) is 11.1 Å². The summed E-state index contributed by atoms with van der Waals surface area (Å²) in [6.45, 7) is 6.28. The maximum atomic E-state index is 6.18. The Morgan fingerprint density at radius 3 is 2.77 bits per heavy atom. The number of benzene rings is 1. The summed E-state index contributed by atoms with van der Waals surface area (Å²) in [6, 6.07) is 8.27. The van der Waals surface area contributed by atoms with E-state index in [2.05, 4.69) is 60.3 Å². The summed E-state index contributed by atoms with van der Waals surface area (Å²) in [5, 5.41) is 13.0. The first-order valence-corrected chi connectivity index (χ1v) is 9.01. The minimum Gasteiger partial charge on any atom is -0.321 e. The summed E-state index contributed by atoms with van der Waals surface area (Å²) in [5.74, 6) is 1.95. The van der Waals surface area contributed by atoms with E-state index in [9.17, 15) is 0 Å². The predicted molar refractivity (Wildman–Crippen MR) is 91.2 cm³/mol. The quantitative estimate of drug-likeness (QED) is 0.724. The van der Waals surface area contributed by atoms with Crippen LogP contribution in [-0.4, -0.2) is 19.8 Å². The van der Waals surface area contributed by atoms with E-state index in [1.807, 2.05) is 0 Å². The van der Waals surface area contributed by atoms with Crippen LogP contribution < -0.4 is 5.73 Å². The molecule has 2 heterocycles. The fourth-order valence-corrected chi connectivity index (χ4v) is 4.05. The van der Waals surface area contributed by atoms with Crippen molar-refractivity contribution in [2.45, 2.75) is 36.9 Å².